The van der Waals surface area contributed by atoms with E-state index in [1.807, 2.05) is 18.2 Å². The summed E-state index contributed by atoms with van der Waals surface area (Å²) in [7, 11) is 0. The number of halogens is 1. The third-order valence-electron chi connectivity index (χ3n) is 4.21. The van der Waals surface area contributed by atoms with Gasteiger partial charge in [-0.25, -0.2) is 0 Å². The van der Waals surface area contributed by atoms with Crippen LogP contribution >= 0.6 is 24.0 Å². The highest BCUT2D eigenvalue weighted by Crippen LogP contribution is 2.09. The molecule has 6 heteroatoms. The Bertz CT molecular complexity index is 480. The van der Waals surface area contributed by atoms with Crippen molar-refractivity contribution in [1.29, 1.82) is 0 Å². The number of hydrogen-bond acceptors (Lipinski definition) is 3. The normalized spacial score (nSPS) is 13.6. The summed E-state index contributed by atoms with van der Waals surface area (Å²) in [4.78, 5) is 4.68. The fourth-order valence-corrected chi connectivity index (χ4v) is 2.77. The molecule has 0 fully saturated rings. The molecule has 0 bridgehead atoms. The number of hydrogen-bond donors (Lipinski definition) is 3. The molecule has 0 aliphatic rings. The molecule has 0 spiro atoms. The summed E-state index contributed by atoms with van der Waals surface area (Å²) < 4.78 is 5.80. The Morgan fingerprint density at radius 1 is 1.15 bits per heavy atom. The van der Waals surface area contributed by atoms with Crippen LogP contribution < -0.4 is 10.6 Å². The van der Waals surface area contributed by atoms with Crippen LogP contribution in [-0.4, -0.2) is 43.9 Å². The van der Waals surface area contributed by atoms with Gasteiger partial charge in [0.15, 0.2) is 5.96 Å². The number of aliphatic hydroxyl groups is 1. The van der Waals surface area contributed by atoms with Crippen LogP contribution in [0.15, 0.2) is 35.3 Å². The molecule has 1 aromatic rings. The van der Waals surface area contributed by atoms with E-state index < -0.39 is 0 Å². The monoisotopic (exact) mass is 491 g/mol. The minimum Gasteiger partial charge on any atom is -0.396 e. The Labute approximate surface area is 182 Å². The number of nitrogens with one attached hydrogen (secondary N) is 2. The van der Waals surface area contributed by atoms with Gasteiger partial charge in [0.25, 0.3) is 0 Å². The second kappa shape index (κ2) is 17.3. The van der Waals surface area contributed by atoms with E-state index in [2.05, 4.69) is 48.5 Å². The zero-order chi connectivity index (χ0) is 19.0. The SMILES string of the molecule is CCCC(CCO)CNC(=NCC(C)COCc1ccccc1)NCC.I. The number of nitrogens with zero attached hydrogens (tertiary/aromatic N) is 1. The first-order valence-electron chi connectivity index (χ1n) is 9.94. The molecule has 0 aliphatic heterocycles. The van der Waals surface area contributed by atoms with Crippen LogP contribution in [0.1, 0.15) is 45.6 Å². The lowest BCUT2D eigenvalue weighted by Gasteiger charge is -2.18. The van der Waals surface area contributed by atoms with Gasteiger partial charge in [-0.1, -0.05) is 50.6 Å². The lowest BCUT2D eigenvalue weighted by atomic mass is 10.0. The van der Waals surface area contributed by atoms with E-state index in [0.717, 1.165) is 44.9 Å². The van der Waals surface area contributed by atoms with Gasteiger partial charge in [0, 0.05) is 26.2 Å². The minimum atomic E-state index is 0. The van der Waals surface area contributed by atoms with Crippen molar-refractivity contribution >= 4 is 29.9 Å². The van der Waals surface area contributed by atoms with Crippen molar-refractivity contribution < 1.29 is 9.84 Å². The van der Waals surface area contributed by atoms with Gasteiger partial charge in [-0.2, -0.15) is 0 Å². The van der Waals surface area contributed by atoms with E-state index in [0.29, 0.717) is 25.0 Å². The number of benzene rings is 1. The third kappa shape index (κ3) is 13.0. The molecule has 0 radical (unpaired) electrons. The molecular formula is C21H38IN3O2. The Kier molecular flexibility index (Phi) is 16.7. The van der Waals surface area contributed by atoms with Gasteiger partial charge in [0.05, 0.1) is 13.2 Å². The van der Waals surface area contributed by atoms with Crippen molar-refractivity contribution in [2.75, 3.05) is 32.8 Å². The quantitative estimate of drug-likeness (QED) is 0.223. The standard InChI is InChI=1S/C21H37N3O2.HI/c1-4-9-19(12-13-25)15-24-21(22-5-2)23-14-18(3)16-26-17-20-10-7-6-8-11-20;/h6-8,10-11,18-19,25H,4-5,9,12-17H2,1-3H3,(H2,22,23,24);1H. The predicted octanol–water partition coefficient (Wildman–Crippen LogP) is 3.81. The van der Waals surface area contributed by atoms with Crippen molar-refractivity contribution in [3.8, 4) is 0 Å². The Balaban J connectivity index is 0.00000676. The third-order valence-corrected chi connectivity index (χ3v) is 4.21. The summed E-state index contributed by atoms with van der Waals surface area (Å²) in [6.45, 7) is 10.4. The summed E-state index contributed by atoms with van der Waals surface area (Å²) in [5.74, 6) is 1.69. The second-order valence-corrected chi connectivity index (χ2v) is 6.87. The summed E-state index contributed by atoms with van der Waals surface area (Å²) in [5, 5.41) is 15.9. The Hall–Kier alpha value is -0.860. The zero-order valence-corrected chi connectivity index (χ0v) is 19.4. The first kappa shape index (κ1) is 26.1. The van der Waals surface area contributed by atoms with E-state index in [9.17, 15) is 5.11 Å². The van der Waals surface area contributed by atoms with Crippen molar-refractivity contribution in [3.63, 3.8) is 0 Å². The molecule has 2 atom stereocenters. The molecule has 1 rings (SSSR count). The smallest absolute Gasteiger partial charge is 0.191 e. The van der Waals surface area contributed by atoms with Gasteiger partial charge in [-0.05, 0) is 37.2 Å². The molecule has 27 heavy (non-hydrogen) atoms. The number of guanidine groups is 1. The van der Waals surface area contributed by atoms with Crippen molar-refractivity contribution in [1.82, 2.24) is 10.6 Å². The first-order valence-corrected chi connectivity index (χ1v) is 9.94. The highest BCUT2D eigenvalue weighted by molar-refractivity contribution is 14.0. The largest absolute Gasteiger partial charge is 0.396 e. The van der Waals surface area contributed by atoms with Crippen molar-refractivity contribution in [2.24, 2.45) is 16.8 Å². The highest BCUT2D eigenvalue weighted by atomic mass is 127. The summed E-state index contributed by atoms with van der Waals surface area (Å²) >= 11 is 0. The average molecular weight is 491 g/mol. The maximum absolute atomic E-state index is 9.19. The van der Waals surface area contributed by atoms with E-state index in [1.165, 1.54) is 5.56 Å². The van der Waals surface area contributed by atoms with Crippen molar-refractivity contribution in [3.05, 3.63) is 35.9 Å². The fraction of sp³-hybridized carbons (Fsp3) is 0.667. The van der Waals surface area contributed by atoms with Crippen molar-refractivity contribution in [2.45, 2.75) is 46.6 Å². The highest BCUT2D eigenvalue weighted by Gasteiger charge is 2.09. The fourth-order valence-electron chi connectivity index (χ4n) is 2.77. The van der Waals surface area contributed by atoms with Crippen LogP contribution in [0.4, 0.5) is 0 Å². The van der Waals surface area contributed by atoms with E-state index in [4.69, 9.17) is 4.74 Å². The van der Waals surface area contributed by atoms with Gasteiger partial charge in [0.1, 0.15) is 0 Å². The number of aliphatic hydroxyl groups excluding tert-OH is 1. The summed E-state index contributed by atoms with van der Waals surface area (Å²) in [6.07, 6.45) is 3.09. The molecule has 0 heterocycles. The lowest BCUT2D eigenvalue weighted by Crippen LogP contribution is -2.40. The van der Waals surface area contributed by atoms with E-state index in [1.54, 1.807) is 0 Å². The maximum Gasteiger partial charge on any atom is 0.191 e. The van der Waals surface area contributed by atoms with Crippen LogP contribution in [0.3, 0.4) is 0 Å². The maximum atomic E-state index is 9.19. The zero-order valence-electron chi connectivity index (χ0n) is 17.1. The van der Waals surface area contributed by atoms with Gasteiger partial charge in [-0.3, -0.25) is 4.99 Å². The Morgan fingerprint density at radius 3 is 2.52 bits per heavy atom. The molecule has 156 valence electrons. The molecule has 0 aliphatic carbocycles. The molecule has 0 saturated carbocycles. The molecule has 2 unspecified atom stereocenters. The average Bonchev–Trinajstić information content (AvgIpc) is 2.65. The minimum absolute atomic E-state index is 0. The molecule has 0 saturated heterocycles. The van der Waals surface area contributed by atoms with E-state index >= 15 is 0 Å². The molecule has 0 aromatic heterocycles. The van der Waals surface area contributed by atoms with Crippen LogP contribution in [0.5, 0.6) is 0 Å². The van der Waals surface area contributed by atoms with Crippen LogP contribution in [0, 0.1) is 11.8 Å². The molecule has 0 amide bonds. The van der Waals surface area contributed by atoms with Crippen LogP contribution in [-0.2, 0) is 11.3 Å². The lowest BCUT2D eigenvalue weighted by molar-refractivity contribution is 0.0945. The summed E-state index contributed by atoms with van der Waals surface area (Å²) in [5.41, 5.74) is 1.20. The first-order chi connectivity index (χ1) is 12.7. The van der Waals surface area contributed by atoms with E-state index in [-0.39, 0.29) is 30.6 Å². The molecule has 5 nitrogen and oxygen atoms in total. The Morgan fingerprint density at radius 2 is 1.89 bits per heavy atom. The number of ether oxygens (including phenoxy) is 1. The predicted molar refractivity (Wildman–Crippen MR) is 125 cm³/mol. The van der Waals surface area contributed by atoms with Gasteiger partial charge >= 0.3 is 0 Å². The van der Waals surface area contributed by atoms with Gasteiger partial charge in [0.2, 0.25) is 0 Å². The second-order valence-electron chi connectivity index (χ2n) is 6.87. The van der Waals surface area contributed by atoms with Crippen LogP contribution in [0.25, 0.3) is 0 Å². The molecule has 3 N–H and O–H groups in total. The molecular weight excluding hydrogens is 453 g/mol. The molecule has 1 aromatic carbocycles. The topological polar surface area (TPSA) is 65.9 Å². The van der Waals surface area contributed by atoms with Gasteiger partial charge in [-0.15, -0.1) is 24.0 Å². The van der Waals surface area contributed by atoms with Gasteiger partial charge < -0.3 is 20.5 Å². The number of rotatable bonds is 13. The summed E-state index contributed by atoms with van der Waals surface area (Å²) in [6, 6.07) is 10.2. The number of aliphatic imine (C=N–C) groups is 1. The van der Waals surface area contributed by atoms with Crippen LogP contribution in [0.2, 0.25) is 0 Å².